The van der Waals surface area contributed by atoms with Gasteiger partial charge in [-0.05, 0) is 24.3 Å². The molecule has 8 N–H and O–H groups in total. The third-order valence-corrected chi connectivity index (χ3v) is 4.96. The minimum absolute atomic E-state index is 0.182. The summed E-state index contributed by atoms with van der Waals surface area (Å²) in [5.41, 5.74) is 6.67. The Morgan fingerprint density at radius 2 is 1.44 bits per heavy atom. The topological polar surface area (TPSA) is 208 Å². The molecule has 4 unspecified atom stereocenters. The predicted octanol–water partition coefficient (Wildman–Crippen LogP) is -1.39. The van der Waals surface area contributed by atoms with E-state index in [-0.39, 0.29) is 12.8 Å². The molecule has 0 heterocycles. The zero-order valence-electron chi connectivity index (χ0n) is 19.1. The fraction of sp³-hybridized carbons (Fsp3) is 0.500. The first-order valence-electron chi connectivity index (χ1n) is 10.7. The maximum Gasteiger partial charge on any atom is 0.326 e. The van der Waals surface area contributed by atoms with Crippen LogP contribution in [0.4, 0.5) is 0 Å². The molecule has 0 fully saturated rings. The summed E-state index contributed by atoms with van der Waals surface area (Å²) < 4.78 is 0. The molecule has 1 aromatic rings. The lowest BCUT2D eigenvalue weighted by atomic mass is 10.0. The Morgan fingerprint density at radius 3 is 1.94 bits per heavy atom. The van der Waals surface area contributed by atoms with Gasteiger partial charge in [-0.2, -0.15) is 0 Å². The van der Waals surface area contributed by atoms with Gasteiger partial charge in [0.15, 0.2) is 0 Å². The van der Waals surface area contributed by atoms with E-state index in [0.29, 0.717) is 0 Å². The van der Waals surface area contributed by atoms with E-state index in [1.807, 2.05) is 0 Å². The van der Waals surface area contributed by atoms with Gasteiger partial charge in [-0.25, -0.2) is 4.79 Å². The number of carbonyl (C=O) groups excluding carboxylic acids is 3. The van der Waals surface area contributed by atoms with Crippen LogP contribution in [0.2, 0.25) is 0 Å². The number of aliphatic hydroxyl groups excluding tert-OH is 1. The molecule has 0 aliphatic heterocycles. The minimum atomic E-state index is -1.46. The molecule has 0 saturated heterocycles. The second-order valence-electron chi connectivity index (χ2n) is 8.10. The smallest absolute Gasteiger partial charge is 0.326 e. The van der Waals surface area contributed by atoms with Crippen LogP contribution in [0.1, 0.15) is 32.3 Å². The van der Waals surface area contributed by atoms with Crippen molar-refractivity contribution in [2.45, 2.75) is 57.3 Å². The second kappa shape index (κ2) is 13.9. The third-order valence-electron chi connectivity index (χ3n) is 4.96. The normalized spacial score (nSPS) is 14.4. The first-order valence-corrected chi connectivity index (χ1v) is 10.7. The van der Waals surface area contributed by atoms with Crippen molar-refractivity contribution in [3.8, 4) is 0 Å². The van der Waals surface area contributed by atoms with Gasteiger partial charge in [-0.15, -0.1) is 0 Å². The van der Waals surface area contributed by atoms with Gasteiger partial charge in [0.1, 0.15) is 18.1 Å². The van der Waals surface area contributed by atoms with Crippen molar-refractivity contribution >= 4 is 29.7 Å². The van der Waals surface area contributed by atoms with Crippen LogP contribution in [0.3, 0.4) is 0 Å². The quantitative estimate of drug-likeness (QED) is 0.167. The summed E-state index contributed by atoms with van der Waals surface area (Å²) >= 11 is 0. The Balaban J connectivity index is 2.86. The molecule has 4 atom stereocenters. The van der Waals surface area contributed by atoms with Crippen LogP contribution >= 0.6 is 0 Å². The summed E-state index contributed by atoms with van der Waals surface area (Å²) in [7, 11) is 0. The number of aliphatic carboxylic acids is 2. The lowest BCUT2D eigenvalue weighted by molar-refractivity contribution is -0.144. The van der Waals surface area contributed by atoms with Gasteiger partial charge in [0.05, 0.1) is 12.6 Å². The number of carbonyl (C=O) groups is 5. The van der Waals surface area contributed by atoms with Gasteiger partial charge in [0, 0.05) is 6.42 Å². The molecule has 0 spiro atoms. The van der Waals surface area contributed by atoms with E-state index in [2.05, 4.69) is 16.0 Å². The van der Waals surface area contributed by atoms with Crippen molar-refractivity contribution in [1.82, 2.24) is 16.0 Å². The number of carboxylic acid groups (broad SMARTS) is 2. The predicted molar refractivity (Wildman–Crippen MR) is 120 cm³/mol. The van der Waals surface area contributed by atoms with Crippen LogP contribution in [0.25, 0.3) is 0 Å². The average Bonchev–Trinajstić information content (AvgIpc) is 2.77. The minimum Gasteiger partial charge on any atom is -0.481 e. The monoisotopic (exact) mass is 480 g/mol. The van der Waals surface area contributed by atoms with Crippen LogP contribution in [0.15, 0.2) is 30.3 Å². The molecular weight excluding hydrogens is 448 g/mol. The number of nitrogens with one attached hydrogen (secondary N) is 3. The number of hydrogen-bond acceptors (Lipinski definition) is 7. The maximum atomic E-state index is 12.6. The first-order chi connectivity index (χ1) is 16.0. The van der Waals surface area contributed by atoms with E-state index >= 15 is 0 Å². The number of benzene rings is 1. The Kier molecular flexibility index (Phi) is 11.7. The van der Waals surface area contributed by atoms with E-state index in [9.17, 15) is 34.2 Å². The fourth-order valence-corrected chi connectivity index (χ4v) is 3.01. The Bertz CT molecular complexity index is 862. The van der Waals surface area contributed by atoms with Gasteiger partial charge in [0.2, 0.25) is 17.7 Å². The lowest BCUT2D eigenvalue weighted by Crippen LogP contribution is -2.58. The van der Waals surface area contributed by atoms with Crippen LogP contribution in [0, 0.1) is 5.92 Å². The number of hydrogen-bond donors (Lipinski definition) is 7. The molecule has 0 aliphatic carbocycles. The summed E-state index contributed by atoms with van der Waals surface area (Å²) in [6, 6.07) is 3.76. The Labute approximate surface area is 196 Å². The van der Waals surface area contributed by atoms with Crippen LogP contribution in [0.5, 0.6) is 0 Å². The van der Waals surface area contributed by atoms with E-state index in [0.717, 1.165) is 5.56 Å². The number of carboxylic acids is 2. The highest BCUT2D eigenvalue weighted by Gasteiger charge is 2.31. The Hall–Kier alpha value is -3.51. The number of rotatable bonds is 14. The molecule has 0 radical (unpaired) electrons. The summed E-state index contributed by atoms with van der Waals surface area (Å²) in [5.74, 6) is -5.57. The second-order valence-corrected chi connectivity index (χ2v) is 8.10. The van der Waals surface area contributed by atoms with Gasteiger partial charge < -0.3 is 37.0 Å². The van der Waals surface area contributed by atoms with Crippen LogP contribution in [-0.4, -0.2) is 75.8 Å². The van der Waals surface area contributed by atoms with Gasteiger partial charge in [0.25, 0.3) is 0 Å². The molecule has 0 aromatic heterocycles. The summed E-state index contributed by atoms with van der Waals surface area (Å²) in [6.45, 7) is 2.33. The number of nitrogens with two attached hydrogens (primary N) is 1. The number of aliphatic hydroxyl groups is 1. The number of amides is 3. The van der Waals surface area contributed by atoms with Gasteiger partial charge >= 0.3 is 11.9 Å². The van der Waals surface area contributed by atoms with E-state index in [1.54, 1.807) is 44.2 Å². The third kappa shape index (κ3) is 9.55. The standard InChI is InChI=1S/C22H32N4O8/c1-12(2)18(22(33)34)26-20(31)15(8-9-17(28)29)24-21(32)16(11-27)25-19(30)14(23)10-13-6-4-3-5-7-13/h3-7,12,14-16,18,27H,8-11,23H2,1-2H3,(H,24,32)(H,25,30)(H,26,31)(H,28,29)(H,33,34). The van der Waals surface area contributed by atoms with Crippen molar-refractivity contribution < 1.29 is 39.3 Å². The van der Waals surface area contributed by atoms with Crippen molar-refractivity contribution in [2.75, 3.05) is 6.61 Å². The van der Waals surface area contributed by atoms with E-state index in [4.69, 9.17) is 10.8 Å². The molecule has 188 valence electrons. The SMILES string of the molecule is CC(C)C(NC(=O)C(CCC(=O)O)NC(=O)C(CO)NC(=O)C(N)Cc1ccccc1)C(=O)O. The molecule has 1 rings (SSSR count). The summed E-state index contributed by atoms with van der Waals surface area (Å²) in [5, 5.41) is 34.7. The Morgan fingerprint density at radius 1 is 0.882 bits per heavy atom. The molecule has 34 heavy (non-hydrogen) atoms. The fourth-order valence-electron chi connectivity index (χ4n) is 3.01. The first kappa shape index (κ1) is 28.5. The molecule has 3 amide bonds. The molecule has 12 heteroatoms. The lowest BCUT2D eigenvalue weighted by Gasteiger charge is -2.25. The molecule has 0 bridgehead atoms. The largest absolute Gasteiger partial charge is 0.481 e. The van der Waals surface area contributed by atoms with Crippen LogP contribution < -0.4 is 21.7 Å². The molecule has 0 saturated carbocycles. The van der Waals surface area contributed by atoms with Crippen molar-refractivity contribution in [3.05, 3.63) is 35.9 Å². The summed E-state index contributed by atoms with van der Waals surface area (Å²) in [6.07, 6.45) is -0.644. The van der Waals surface area contributed by atoms with Crippen molar-refractivity contribution in [2.24, 2.45) is 11.7 Å². The highest BCUT2D eigenvalue weighted by Crippen LogP contribution is 2.06. The maximum absolute atomic E-state index is 12.6. The van der Waals surface area contributed by atoms with Crippen LogP contribution in [-0.2, 0) is 30.4 Å². The van der Waals surface area contributed by atoms with Crippen molar-refractivity contribution in [3.63, 3.8) is 0 Å². The summed E-state index contributed by atoms with van der Waals surface area (Å²) in [4.78, 5) is 60.0. The highest BCUT2D eigenvalue weighted by atomic mass is 16.4. The zero-order valence-corrected chi connectivity index (χ0v) is 19.1. The average molecular weight is 481 g/mol. The van der Waals surface area contributed by atoms with Gasteiger partial charge in [-0.3, -0.25) is 19.2 Å². The van der Waals surface area contributed by atoms with Gasteiger partial charge in [-0.1, -0.05) is 44.2 Å². The zero-order chi connectivity index (χ0) is 25.8. The highest BCUT2D eigenvalue weighted by molar-refractivity contribution is 5.94. The van der Waals surface area contributed by atoms with E-state index in [1.165, 1.54) is 0 Å². The molecular formula is C22H32N4O8. The molecule has 0 aliphatic rings. The van der Waals surface area contributed by atoms with E-state index < -0.39 is 72.8 Å². The van der Waals surface area contributed by atoms with Crippen molar-refractivity contribution in [1.29, 1.82) is 0 Å². The molecule has 1 aromatic carbocycles. The molecule has 12 nitrogen and oxygen atoms in total.